The maximum Gasteiger partial charge on any atom is 0.274 e. The predicted octanol–water partition coefficient (Wildman–Crippen LogP) is 3.29. The van der Waals surface area contributed by atoms with Crippen LogP contribution >= 0.6 is 0 Å². The largest absolute Gasteiger partial charge is 0.460 e. The number of piperazine rings is 1. The molecule has 0 spiro atoms. The van der Waals surface area contributed by atoms with E-state index in [9.17, 15) is 4.79 Å². The topological polar surface area (TPSA) is 104 Å². The number of carbonyl (C=O) groups excluding carboxylic acids is 1. The van der Waals surface area contributed by atoms with Crippen LogP contribution in [-0.2, 0) is 6.54 Å². The van der Waals surface area contributed by atoms with Crippen LogP contribution in [0.5, 0.6) is 0 Å². The normalized spacial score (nSPS) is 14.8. The highest BCUT2D eigenvalue weighted by molar-refractivity contribution is 5.93. The van der Waals surface area contributed by atoms with Gasteiger partial charge in [-0.25, -0.2) is 0 Å². The van der Waals surface area contributed by atoms with E-state index in [1.165, 1.54) is 5.56 Å². The Bertz CT molecular complexity index is 1210. The zero-order valence-corrected chi connectivity index (χ0v) is 18.0. The second kappa shape index (κ2) is 8.43. The van der Waals surface area contributed by atoms with Crippen LogP contribution in [-0.4, -0.2) is 62.2 Å². The number of rotatable bonds is 5. The Kier molecular flexibility index (Phi) is 5.32. The van der Waals surface area contributed by atoms with Gasteiger partial charge in [0.15, 0.2) is 11.5 Å². The Morgan fingerprint density at radius 2 is 1.84 bits per heavy atom. The van der Waals surface area contributed by atoms with Crippen molar-refractivity contribution in [2.75, 3.05) is 26.2 Å². The summed E-state index contributed by atoms with van der Waals surface area (Å²) in [5.41, 5.74) is 3.21. The van der Waals surface area contributed by atoms with Crippen molar-refractivity contribution < 1.29 is 13.7 Å². The molecule has 1 saturated heterocycles. The summed E-state index contributed by atoms with van der Waals surface area (Å²) in [5.74, 6) is 2.56. The van der Waals surface area contributed by atoms with Crippen molar-refractivity contribution in [3.63, 3.8) is 0 Å². The molecule has 3 aromatic heterocycles. The van der Waals surface area contributed by atoms with E-state index in [-0.39, 0.29) is 5.91 Å². The Labute approximate surface area is 185 Å². The van der Waals surface area contributed by atoms with Gasteiger partial charge in [-0.15, -0.1) is 0 Å². The number of hydrogen-bond acceptors (Lipinski definition) is 7. The molecular weight excluding hydrogens is 408 g/mol. The van der Waals surface area contributed by atoms with E-state index in [1.807, 2.05) is 55.1 Å². The van der Waals surface area contributed by atoms with Crippen LogP contribution in [0.1, 0.15) is 27.7 Å². The summed E-state index contributed by atoms with van der Waals surface area (Å²) in [7, 11) is 0. The number of aryl methyl sites for hydroxylation is 2. The predicted molar refractivity (Wildman–Crippen MR) is 117 cm³/mol. The van der Waals surface area contributed by atoms with Crippen LogP contribution in [0, 0.1) is 13.8 Å². The van der Waals surface area contributed by atoms with Gasteiger partial charge >= 0.3 is 0 Å². The quantitative estimate of drug-likeness (QED) is 0.516. The van der Waals surface area contributed by atoms with E-state index in [0.29, 0.717) is 48.5 Å². The number of furan rings is 1. The maximum atomic E-state index is 12.9. The molecule has 0 bridgehead atoms. The molecule has 0 saturated carbocycles. The van der Waals surface area contributed by atoms with Crippen LogP contribution in [0.4, 0.5) is 0 Å². The molecule has 1 amide bonds. The van der Waals surface area contributed by atoms with Gasteiger partial charge in [-0.2, -0.15) is 10.1 Å². The van der Waals surface area contributed by atoms with Crippen molar-refractivity contribution in [2.24, 2.45) is 0 Å². The third-order valence-corrected chi connectivity index (χ3v) is 5.60. The molecule has 1 N–H and O–H groups in total. The van der Waals surface area contributed by atoms with Crippen molar-refractivity contribution >= 4 is 5.91 Å². The van der Waals surface area contributed by atoms with E-state index < -0.39 is 0 Å². The van der Waals surface area contributed by atoms with E-state index in [2.05, 4.69) is 25.2 Å². The smallest absolute Gasteiger partial charge is 0.274 e. The lowest BCUT2D eigenvalue weighted by Gasteiger charge is -2.33. The highest BCUT2D eigenvalue weighted by atomic mass is 16.5. The first-order valence-corrected chi connectivity index (χ1v) is 10.6. The van der Waals surface area contributed by atoms with Crippen molar-refractivity contribution in [2.45, 2.75) is 20.4 Å². The fourth-order valence-electron chi connectivity index (χ4n) is 3.74. The van der Waals surface area contributed by atoms with Gasteiger partial charge in [-0.1, -0.05) is 35.0 Å². The molecule has 1 aliphatic heterocycles. The molecule has 0 unspecified atom stereocenters. The molecule has 0 atom stereocenters. The van der Waals surface area contributed by atoms with Crippen LogP contribution < -0.4 is 0 Å². The van der Waals surface area contributed by atoms with Gasteiger partial charge in [0.05, 0.1) is 6.54 Å². The maximum absolute atomic E-state index is 12.9. The molecule has 32 heavy (non-hydrogen) atoms. The average Bonchev–Trinajstić information content (AvgIpc) is 3.55. The molecule has 164 valence electrons. The minimum atomic E-state index is -0.0881. The van der Waals surface area contributed by atoms with Crippen molar-refractivity contribution in [3.05, 3.63) is 65.4 Å². The number of carbonyl (C=O) groups is 1. The molecule has 4 aromatic rings. The minimum Gasteiger partial charge on any atom is -0.460 e. The highest BCUT2D eigenvalue weighted by Crippen LogP contribution is 2.21. The number of nitrogens with zero attached hydrogens (tertiary/aromatic N) is 5. The van der Waals surface area contributed by atoms with Crippen LogP contribution in [0.2, 0.25) is 0 Å². The SMILES string of the molecule is Cc1ccc(-c2noc(CN3CCN(C(=O)c4cc(-c5ccc(C)o5)[nH]n4)CC3)n2)cc1. The summed E-state index contributed by atoms with van der Waals surface area (Å²) in [6.07, 6.45) is 0. The van der Waals surface area contributed by atoms with Crippen LogP contribution in [0.3, 0.4) is 0 Å². The fourth-order valence-corrected chi connectivity index (χ4v) is 3.74. The molecule has 5 rings (SSSR count). The summed E-state index contributed by atoms with van der Waals surface area (Å²) in [6.45, 7) is 7.15. The highest BCUT2D eigenvalue weighted by Gasteiger charge is 2.25. The van der Waals surface area contributed by atoms with Crippen molar-refractivity contribution in [1.82, 2.24) is 30.1 Å². The lowest BCUT2D eigenvalue weighted by Crippen LogP contribution is -2.48. The van der Waals surface area contributed by atoms with Crippen molar-refractivity contribution in [3.8, 4) is 22.8 Å². The second-order valence-electron chi connectivity index (χ2n) is 8.02. The standard InChI is InChI=1S/C23H24N6O3/c1-15-3-6-17(7-4-15)22-24-21(32-27-22)14-28-9-11-29(12-10-28)23(30)19-13-18(25-26-19)20-8-5-16(2)31-20/h3-8,13H,9-12,14H2,1-2H3,(H,25,26). The first-order valence-electron chi connectivity index (χ1n) is 10.6. The van der Waals surface area contributed by atoms with Crippen LogP contribution in [0.25, 0.3) is 22.8 Å². The van der Waals surface area contributed by atoms with E-state index in [1.54, 1.807) is 6.07 Å². The van der Waals surface area contributed by atoms with Gasteiger partial charge < -0.3 is 13.8 Å². The number of H-pyrrole nitrogens is 1. The summed E-state index contributed by atoms with van der Waals surface area (Å²) >= 11 is 0. The number of amides is 1. The Hall–Kier alpha value is -3.72. The molecule has 1 aromatic carbocycles. The molecule has 9 heteroatoms. The van der Waals surface area contributed by atoms with Crippen LogP contribution in [0.15, 0.2) is 51.4 Å². The molecule has 1 fully saturated rings. The first-order chi connectivity index (χ1) is 15.5. The van der Waals surface area contributed by atoms with E-state index in [0.717, 1.165) is 24.4 Å². The molecule has 9 nitrogen and oxygen atoms in total. The molecular formula is C23H24N6O3. The molecule has 1 aliphatic rings. The molecule has 4 heterocycles. The zero-order chi connectivity index (χ0) is 22.1. The lowest BCUT2D eigenvalue weighted by molar-refractivity contribution is 0.0609. The lowest BCUT2D eigenvalue weighted by atomic mass is 10.1. The van der Waals surface area contributed by atoms with Gasteiger partial charge in [-0.3, -0.25) is 14.8 Å². The van der Waals surface area contributed by atoms with Crippen molar-refractivity contribution in [1.29, 1.82) is 0 Å². The Balaban J connectivity index is 1.16. The van der Waals surface area contributed by atoms with Gasteiger partial charge in [0.1, 0.15) is 11.5 Å². The number of aromatic nitrogens is 4. The fraction of sp³-hybridized carbons (Fsp3) is 0.304. The average molecular weight is 432 g/mol. The van der Waals surface area contributed by atoms with Gasteiger partial charge in [-0.05, 0) is 26.0 Å². The number of aromatic amines is 1. The number of hydrogen-bond donors (Lipinski definition) is 1. The van der Waals surface area contributed by atoms with Gasteiger partial charge in [0.25, 0.3) is 5.91 Å². The van der Waals surface area contributed by atoms with E-state index in [4.69, 9.17) is 8.94 Å². The summed E-state index contributed by atoms with van der Waals surface area (Å²) in [4.78, 5) is 21.4. The summed E-state index contributed by atoms with van der Waals surface area (Å²) < 4.78 is 11.0. The number of benzene rings is 1. The van der Waals surface area contributed by atoms with Gasteiger partial charge in [0.2, 0.25) is 11.7 Å². The molecule has 0 radical (unpaired) electrons. The zero-order valence-electron chi connectivity index (χ0n) is 18.0. The first kappa shape index (κ1) is 20.2. The van der Waals surface area contributed by atoms with E-state index >= 15 is 0 Å². The summed E-state index contributed by atoms with van der Waals surface area (Å²) in [5, 5.41) is 11.2. The second-order valence-corrected chi connectivity index (χ2v) is 8.02. The van der Waals surface area contributed by atoms with Gasteiger partial charge in [0, 0.05) is 37.8 Å². The monoisotopic (exact) mass is 432 g/mol. The minimum absolute atomic E-state index is 0.0881. The third kappa shape index (κ3) is 4.19. The summed E-state index contributed by atoms with van der Waals surface area (Å²) in [6, 6.07) is 13.5. The number of nitrogens with one attached hydrogen (secondary N) is 1. The Morgan fingerprint density at radius 1 is 1.06 bits per heavy atom. The molecule has 0 aliphatic carbocycles. The third-order valence-electron chi connectivity index (χ3n) is 5.60. The Morgan fingerprint density at radius 3 is 2.56 bits per heavy atom.